The standard InChI is InChI=1S/C10H10NO4P/c11-10-8-4-2-1-3-7(8)5-6-9(10)15-16(12,13)14/h1-6H,11H2,(H2,12,13,14). The number of benzene rings is 2. The fourth-order valence-corrected chi connectivity index (χ4v) is 1.90. The fourth-order valence-electron chi connectivity index (χ4n) is 1.48. The smallest absolute Gasteiger partial charge is 0.402 e. The number of phosphoric acid groups is 1. The van der Waals surface area contributed by atoms with E-state index in [4.69, 9.17) is 15.5 Å². The van der Waals surface area contributed by atoms with Crippen LogP contribution in [0.25, 0.3) is 10.8 Å². The van der Waals surface area contributed by atoms with E-state index >= 15 is 0 Å². The number of hydrogen-bond acceptors (Lipinski definition) is 3. The lowest BCUT2D eigenvalue weighted by atomic mass is 10.1. The topological polar surface area (TPSA) is 92.8 Å². The quantitative estimate of drug-likeness (QED) is 0.549. The summed E-state index contributed by atoms with van der Waals surface area (Å²) in [7, 11) is -4.57. The second-order valence-electron chi connectivity index (χ2n) is 3.28. The monoisotopic (exact) mass is 239 g/mol. The Morgan fingerprint density at radius 2 is 1.81 bits per heavy atom. The minimum Gasteiger partial charge on any atom is -0.402 e. The molecule has 0 amide bonds. The van der Waals surface area contributed by atoms with E-state index in [2.05, 4.69) is 4.52 Å². The first-order valence-electron chi connectivity index (χ1n) is 4.50. The molecular weight excluding hydrogens is 229 g/mol. The van der Waals surface area contributed by atoms with Gasteiger partial charge in [0.05, 0.1) is 5.69 Å². The molecule has 0 spiro atoms. The van der Waals surface area contributed by atoms with Crippen LogP contribution in [0.1, 0.15) is 0 Å². The summed E-state index contributed by atoms with van der Waals surface area (Å²) in [6.07, 6.45) is 0. The summed E-state index contributed by atoms with van der Waals surface area (Å²) in [4.78, 5) is 17.4. The van der Waals surface area contributed by atoms with Gasteiger partial charge in [0, 0.05) is 5.39 Å². The molecule has 0 fully saturated rings. The summed E-state index contributed by atoms with van der Waals surface area (Å²) >= 11 is 0. The van der Waals surface area contributed by atoms with Crippen LogP contribution in [-0.2, 0) is 4.57 Å². The zero-order valence-electron chi connectivity index (χ0n) is 8.20. The summed E-state index contributed by atoms with van der Waals surface area (Å²) in [5.74, 6) is -0.00738. The largest absolute Gasteiger partial charge is 0.524 e. The fraction of sp³-hybridized carbons (Fsp3) is 0. The maximum atomic E-state index is 10.7. The second-order valence-corrected chi connectivity index (χ2v) is 4.44. The molecule has 0 unspecified atom stereocenters. The van der Waals surface area contributed by atoms with E-state index in [1.807, 2.05) is 12.1 Å². The first-order chi connectivity index (χ1) is 7.47. The van der Waals surface area contributed by atoms with Crippen LogP contribution in [0, 0.1) is 0 Å². The third-order valence-electron chi connectivity index (χ3n) is 2.15. The van der Waals surface area contributed by atoms with Crippen molar-refractivity contribution in [1.29, 1.82) is 0 Å². The third-order valence-corrected chi connectivity index (χ3v) is 2.58. The molecule has 0 aliphatic heterocycles. The van der Waals surface area contributed by atoms with Crippen molar-refractivity contribution >= 4 is 24.3 Å². The summed E-state index contributed by atoms with van der Waals surface area (Å²) < 4.78 is 15.2. The highest BCUT2D eigenvalue weighted by molar-refractivity contribution is 7.46. The molecule has 5 nitrogen and oxygen atoms in total. The van der Waals surface area contributed by atoms with Gasteiger partial charge in [-0.05, 0) is 11.5 Å². The Morgan fingerprint density at radius 3 is 2.50 bits per heavy atom. The van der Waals surface area contributed by atoms with Gasteiger partial charge in [-0.3, -0.25) is 9.79 Å². The van der Waals surface area contributed by atoms with E-state index < -0.39 is 7.82 Å². The van der Waals surface area contributed by atoms with Crippen LogP contribution in [0.2, 0.25) is 0 Å². The molecule has 2 aromatic rings. The number of hydrogen-bond donors (Lipinski definition) is 3. The van der Waals surface area contributed by atoms with Crippen LogP contribution in [0.15, 0.2) is 36.4 Å². The molecule has 0 saturated heterocycles. The van der Waals surface area contributed by atoms with Crippen LogP contribution >= 0.6 is 7.82 Å². The lowest BCUT2D eigenvalue weighted by molar-refractivity contribution is 0.284. The van der Waals surface area contributed by atoms with Gasteiger partial charge in [0.1, 0.15) is 0 Å². The predicted octanol–water partition coefficient (Wildman–Crippen LogP) is 1.89. The molecule has 0 aliphatic rings. The van der Waals surface area contributed by atoms with E-state index in [9.17, 15) is 4.57 Å². The van der Waals surface area contributed by atoms with E-state index in [-0.39, 0.29) is 11.4 Å². The summed E-state index contributed by atoms with van der Waals surface area (Å²) in [5.41, 5.74) is 5.98. The molecule has 0 aliphatic carbocycles. The van der Waals surface area contributed by atoms with Gasteiger partial charge in [0.15, 0.2) is 5.75 Å². The normalized spacial score (nSPS) is 11.6. The second kappa shape index (κ2) is 3.79. The van der Waals surface area contributed by atoms with Crippen LogP contribution in [0.3, 0.4) is 0 Å². The Labute approximate surface area is 91.7 Å². The van der Waals surface area contributed by atoms with Gasteiger partial charge in [-0.25, -0.2) is 4.57 Å². The number of phosphoric ester groups is 1. The lowest BCUT2D eigenvalue weighted by Crippen LogP contribution is -1.96. The van der Waals surface area contributed by atoms with Crippen molar-refractivity contribution in [3.63, 3.8) is 0 Å². The molecule has 2 rings (SSSR count). The van der Waals surface area contributed by atoms with E-state index in [0.717, 1.165) is 5.39 Å². The summed E-state index contributed by atoms with van der Waals surface area (Å²) in [5, 5.41) is 1.59. The molecule has 84 valence electrons. The number of fused-ring (bicyclic) bond motifs is 1. The zero-order valence-corrected chi connectivity index (χ0v) is 9.09. The van der Waals surface area contributed by atoms with Crippen molar-refractivity contribution in [3.05, 3.63) is 36.4 Å². The van der Waals surface area contributed by atoms with E-state index in [0.29, 0.717) is 5.39 Å². The Morgan fingerprint density at radius 1 is 1.12 bits per heavy atom. The minimum atomic E-state index is -4.57. The van der Waals surface area contributed by atoms with Crippen LogP contribution in [0.4, 0.5) is 5.69 Å². The molecule has 4 N–H and O–H groups in total. The minimum absolute atomic E-state index is 0.00738. The highest BCUT2D eigenvalue weighted by atomic mass is 31.2. The molecular formula is C10H10NO4P. The molecule has 16 heavy (non-hydrogen) atoms. The van der Waals surface area contributed by atoms with Crippen LogP contribution < -0.4 is 10.3 Å². The number of rotatable bonds is 2. The van der Waals surface area contributed by atoms with Crippen molar-refractivity contribution in [2.24, 2.45) is 0 Å². The van der Waals surface area contributed by atoms with Crippen molar-refractivity contribution in [2.75, 3.05) is 5.73 Å². The molecule has 2 aromatic carbocycles. The molecule has 0 atom stereocenters. The molecule has 0 bridgehead atoms. The maximum Gasteiger partial charge on any atom is 0.524 e. The molecule has 0 aromatic heterocycles. The summed E-state index contributed by atoms with van der Waals surface area (Å²) in [6, 6.07) is 10.4. The SMILES string of the molecule is Nc1c(OP(=O)(O)O)ccc2ccccc12. The van der Waals surface area contributed by atoms with Gasteiger partial charge in [-0.2, -0.15) is 0 Å². The van der Waals surface area contributed by atoms with E-state index in [1.54, 1.807) is 18.2 Å². The van der Waals surface area contributed by atoms with Crippen LogP contribution in [0.5, 0.6) is 5.75 Å². The van der Waals surface area contributed by atoms with Crippen molar-refractivity contribution in [1.82, 2.24) is 0 Å². The Hall–Kier alpha value is -1.55. The Kier molecular flexibility index (Phi) is 2.59. The Bertz CT molecular complexity index is 578. The van der Waals surface area contributed by atoms with E-state index in [1.165, 1.54) is 6.07 Å². The van der Waals surface area contributed by atoms with Gasteiger partial charge in [-0.1, -0.05) is 30.3 Å². The lowest BCUT2D eigenvalue weighted by Gasteiger charge is -2.11. The molecule has 0 radical (unpaired) electrons. The van der Waals surface area contributed by atoms with Gasteiger partial charge < -0.3 is 10.3 Å². The average molecular weight is 239 g/mol. The predicted molar refractivity (Wildman–Crippen MR) is 61.0 cm³/mol. The van der Waals surface area contributed by atoms with Gasteiger partial charge in [0.25, 0.3) is 0 Å². The average Bonchev–Trinajstić information content (AvgIpc) is 2.21. The van der Waals surface area contributed by atoms with Crippen molar-refractivity contribution < 1.29 is 18.9 Å². The van der Waals surface area contributed by atoms with Crippen molar-refractivity contribution in [2.45, 2.75) is 0 Å². The van der Waals surface area contributed by atoms with Crippen LogP contribution in [-0.4, -0.2) is 9.79 Å². The zero-order chi connectivity index (χ0) is 11.8. The third kappa shape index (κ3) is 2.17. The highest BCUT2D eigenvalue weighted by Gasteiger charge is 2.18. The molecule has 0 saturated carbocycles. The first-order valence-corrected chi connectivity index (χ1v) is 6.03. The Balaban J connectivity index is 2.57. The molecule has 6 heteroatoms. The molecule has 0 heterocycles. The maximum absolute atomic E-state index is 10.7. The number of nitrogen functional groups attached to an aromatic ring is 1. The highest BCUT2D eigenvalue weighted by Crippen LogP contribution is 2.42. The first kappa shape index (κ1) is 11.0. The summed E-state index contributed by atoms with van der Waals surface area (Å²) in [6.45, 7) is 0. The van der Waals surface area contributed by atoms with Gasteiger partial charge in [0.2, 0.25) is 0 Å². The number of nitrogens with two attached hydrogens (primary N) is 1. The van der Waals surface area contributed by atoms with Gasteiger partial charge in [-0.15, -0.1) is 0 Å². The van der Waals surface area contributed by atoms with Gasteiger partial charge >= 0.3 is 7.82 Å². The number of anilines is 1. The van der Waals surface area contributed by atoms with Crippen molar-refractivity contribution in [3.8, 4) is 5.75 Å².